The summed E-state index contributed by atoms with van der Waals surface area (Å²) in [5, 5.41) is 10.5. The van der Waals surface area contributed by atoms with E-state index in [1.54, 1.807) is 32.0 Å². The number of nitrogens with zero attached hydrogens (tertiary/aromatic N) is 3. The van der Waals surface area contributed by atoms with Crippen molar-refractivity contribution in [2.45, 2.75) is 24.8 Å². The van der Waals surface area contributed by atoms with Gasteiger partial charge < -0.3 is 9.29 Å². The highest BCUT2D eigenvalue weighted by Crippen LogP contribution is 2.37. The summed E-state index contributed by atoms with van der Waals surface area (Å²) in [7, 11) is 1.44. The third-order valence-electron chi connectivity index (χ3n) is 4.42. The van der Waals surface area contributed by atoms with Crippen LogP contribution in [0, 0.1) is 0 Å². The molecule has 0 amide bonds. The van der Waals surface area contributed by atoms with Gasteiger partial charge in [-0.3, -0.25) is 0 Å². The van der Waals surface area contributed by atoms with E-state index in [-0.39, 0.29) is 11.3 Å². The summed E-state index contributed by atoms with van der Waals surface area (Å²) < 4.78 is 58.4. The lowest BCUT2D eigenvalue weighted by Crippen LogP contribution is -2.35. The fourth-order valence-electron chi connectivity index (χ4n) is 2.82. The average molecular weight is 424 g/mol. The van der Waals surface area contributed by atoms with E-state index in [1.807, 2.05) is 0 Å². The number of aromatic nitrogens is 3. The molecular formula is C19H19F3N4O2S. The standard InChI is InChI=1S/C19H19F3N4O2S/c1-18(2,29(23)27)9-7-12-11-25-26(16(12)19(20,21)22)15-6-4-5-14-13(15)8-10-24-17(14)28-3/h4-11H,23H2,1-3H3. The zero-order chi connectivity index (χ0) is 21.4. The summed E-state index contributed by atoms with van der Waals surface area (Å²) in [5.74, 6) is 0.303. The smallest absolute Gasteiger partial charge is 0.434 e. The molecule has 0 aliphatic rings. The highest BCUT2D eigenvalue weighted by Gasteiger charge is 2.38. The number of methoxy groups -OCH3 is 1. The fraction of sp³-hybridized carbons (Fsp3) is 0.263. The zero-order valence-electron chi connectivity index (χ0n) is 15.9. The summed E-state index contributed by atoms with van der Waals surface area (Å²) >= 11 is -1.74. The second kappa shape index (κ2) is 7.69. The third kappa shape index (κ3) is 4.09. The average Bonchev–Trinajstić information content (AvgIpc) is 3.09. The van der Waals surface area contributed by atoms with Crippen molar-refractivity contribution in [1.29, 1.82) is 0 Å². The van der Waals surface area contributed by atoms with Gasteiger partial charge in [-0.1, -0.05) is 6.07 Å². The fourth-order valence-corrected chi connectivity index (χ4v) is 3.02. The summed E-state index contributed by atoms with van der Waals surface area (Å²) in [6, 6.07) is 6.46. The number of pyridine rings is 1. The van der Waals surface area contributed by atoms with Crippen molar-refractivity contribution in [3.05, 3.63) is 54.0 Å². The second-order valence-electron chi connectivity index (χ2n) is 6.78. The minimum absolute atomic E-state index is 0.158. The first-order chi connectivity index (χ1) is 13.6. The van der Waals surface area contributed by atoms with Gasteiger partial charge in [-0.05, 0) is 44.2 Å². The molecule has 2 N–H and O–H groups in total. The van der Waals surface area contributed by atoms with Gasteiger partial charge in [0, 0.05) is 33.9 Å². The highest BCUT2D eigenvalue weighted by molar-refractivity contribution is 7.90. The molecule has 1 atom stereocenters. The molecule has 0 aliphatic heterocycles. The van der Waals surface area contributed by atoms with E-state index in [1.165, 1.54) is 31.5 Å². The van der Waals surface area contributed by atoms with Gasteiger partial charge in [0.15, 0.2) is 10.4 Å². The molecular weight excluding hydrogens is 405 g/mol. The number of rotatable bonds is 5. The highest BCUT2D eigenvalue weighted by atomic mass is 32.2. The van der Waals surface area contributed by atoms with Crippen molar-refractivity contribution >= 4 is 28.2 Å². The molecule has 0 spiro atoms. The van der Waals surface area contributed by atoms with Crippen molar-refractivity contribution in [3.63, 3.8) is 0 Å². The summed E-state index contributed by atoms with van der Waals surface area (Å²) in [4.78, 5) is 4.08. The monoisotopic (exact) mass is 424 g/mol. The van der Waals surface area contributed by atoms with Crippen molar-refractivity contribution in [3.8, 4) is 11.6 Å². The molecule has 29 heavy (non-hydrogen) atoms. The van der Waals surface area contributed by atoms with Crippen LogP contribution in [0.1, 0.15) is 25.1 Å². The molecule has 0 saturated heterocycles. The Morgan fingerprint density at radius 2 is 1.93 bits per heavy atom. The van der Waals surface area contributed by atoms with E-state index < -0.39 is 28.0 Å². The first kappa shape index (κ1) is 21.2. The maximum atomic E-state index is 13.9. The molecule has 0 bridgehead atoms. The van der Waals surface area contributed by atoms with Crippen LogP contribution < -0.4 is 9.88 Å². The molecule has 10 heteroatoms. The first-order valence-electron chi connectivity index (χ1n) is 8.49. The Kier molecular flexibility index (Phi) is 5.61. The minimum Gasteiger partial charge on any atom is -0.598 e. The van der Waals surface area contributed by atoms with Crippen molar-refractivity contribution in [1.82, 2.24) is 14.8 Å². The van der Waals surface area contributed by atoms with Crippen LogP contribution in [0.2, 0.25) is 0 Å². The molecule has 3 rings (SSSR count). The van der Waals surface area contributed by atoms with Crippen molar-refractivity contribution in [2.24, 2.45) is 5.14 Å². The van der Waals surface area contributed by atoms with Gasteiger partial charge in [0.1, 0.15) is 0 Å². The van der Waals surface area contributed by atoms with Crippen LogP contribution in [-0.2, 0) is 17.5 Å². The van der Waals surface area contributed by atoms with Crippen molar-refractivity contribution < 1.29 is 22.5 Å². The Balaban J connectivity index is 2.21. The largest absolute Gasteiger partial charge is 0.598 e. The zero-order valence-corrected chi connectivity index (χ0v) is 16.7. The van der Waals surface area contributed by atoms with Crippen LogP contribution in [0.3, 0.4) is 0 Å². The third-order valence-corrected chi connectivity index (χ3v) is 5.59. The van der Waals surface area contributed by atoms with Gasteiger partial charge in [0.25, 0.3) is 0 Å². The number of hydrogen-bond acceptors (Lipinski definition) is 5. The maximum Gasteiger partial charge on any atom is 0.434 e. The number of nitrogens with two attached hydrogens (primary N) is 1. The summed E-state index contributed by atoms with van der Waals surface area (Å²) in [6.45, 7) is 3.14. The number of ether oxygens (including phenoxy) is 1. The molecule has 154 valence electrons. The summed E-state index contributed by atoms with van der Waals surface area (Å²) in [5.41, 5.74) is -0.874. The van der Waals surface area contributed by atoms with E-state index >= 15 is 0 Å². The van der Waals surface area contributed by atoms with Gasteiger partial charge in [-0.2, -0.15) is 23.4 Å². The van der Waals surface area contributed by atoms with E-state index in [4.69, 9.17) is 9.88 Å². The van der Waals surface area contributed by atoms with E-state index in [9.17, 15) is 17.7 Å². The van der Waals surface area contributed by atoms with Crippen LogP contribution in [-0.4, -0.2) is 31.2 Å². The van der Waals surface area contributed by atoms with Crippen LogP contribution in [0.4, 0.5) is 13.2 Å². The molecule has 0 radical (unpaired) electrons. The van der Waals surface area contributed by atoms with Crippen LogP contribution in [0.15, 0.2) is 42.7 Å². The minimum atomic E-state index is -4.68. The molecule has 1 aromatic carbocycles. The molecule has 2 heterocycles. The van der Waals surface area contributed by atoms with Gasteiger partial charge in [0.2, 0.25) is 5.88 Å². The quantitative estimate of drug-likeness (QED) is 0.628. The van der Waals surface area contributed by atoms with E-state index in [0.717, 1.165) is 10.9 Å². The molecule has 6 nitrogen and oxygen atoms in total. The SMILES string of the molecule is COc1nccc2c(-n3ncc(C=CC(C)(C)[S+](N)[O-])c3C(F)(F)F)cccc12. The Bertz CT molecular complexity index is 1060. The van der Waals surface area contributed by atoms with Gasteiger partial charge >= 0.3 is 6.18 Å². The Hall–Kier alpha value is -2.56. The van der Waals surface area contributed by atoms with Gasteiger partial charge in [-0.15, -0.1) is 0 Å². The van der Waals surface area contributed by atoms with E-state index in [0.29, 0.717) is 16.7 Å². The molecule has 2 aromatic heterocycles. The first-order valence-corrected chi connectivity index (χ1v) is 9.70. The number of halogens is 3. The topological polar surface area (TPSA) is 89.0 Å². The Morgan fingerprint density at radius 3 is 2.55 bits per heavy atom. The Labute approximate surface area is 168 Å². The van der Waals surface area contributed by atoms with Crippen LogP contribution in [0.5, 0.6) is 5.88 Å². The molecule has 0 saturated carbocycles. The van der Waals surface area contributed by atoms with Crippen molar-refractivity contribution in [2.75, 3.05) is 7.11 Å². The number of fused-ring (bicyclic) bond motifs is 1. The predicted molar refractivity (Wildman–Crippen MR) is 106 cm³/mol. The van der Waals surface area contributed by atoms with Crippen LogP contribution in [0.25, 0.3) is 22.5 Å². The summed E-state index contributed by atoms with van der Waals surface area (Å²) in [6.07, 6.45) is 0.523. The van der Waals surface area contributed by atoms with Gasteiger partial charge in [-0.25, -0.2) is 9.67 Å². The molecule has 1 unspecified atom stereocenters. The number of benzene rings is 1. The Morgan fingerprint density at radius 1 is 1.21 bits per heavy atom. The maximum absolute atomic E-state index is 13.9. The lowest BCUT2D eigenvalue weighted by Gasteiger charge is -2.20. The molecule has 3 aromatic rings. The lowest BCUT2D eigenvalue weighted by atomic mass is 10.1. The molecule has 0 aliphatic carbocycles. The molecule has 0 fully saturated rings. The lowest BCUT2D eigenvalue weighted by molar-refractivity contribution is -0.142. The van der Waals surface area contributed by atoms with E-state index in [2.05, 4.69) is 10.1 Å². The number of alkyl halides is 3. The van der Waals surface area contributed by atoms with Crippen LogP contribution >= 0.6 is 0 Å². The predicted octanol–water partition coefficient (Wildman–Crippen LogP) is 3.86. The second-order valence-corrected chi connectivity index (χ2v) is 8.43. The van der Waals surface area contributed by atoms with Gasteiger partial charge in [0.05, 0.1) is 19.0 Å². The number of hydrogen-bond donors (Lipinski definition) is 1. The normalized spacial score (nSPS) is 13.9.